The lowest BCUT2D eigenvalue weighted by molar-refractivity contribution is -0.171. The van der Waals surface area contributed by atoms with Gasteiger partial charge >= 0.3 is 11.9 Å². The molecule has 0 aliphatic heterocycles. The van der Waals surface area contributed by atoms with Crippen LogP contribution in [0.4, 0.5) is 5.88 Å². The van der Waals surface area contributed by atoms with Gasteiger partial charge in [-0.1, -0.05) is 0 Å². The van der Waals surface area contributed by atoms with Crippen molar-refractivity contribution in [2.75, 3.05) is 18.5 Å². The first-order chi connectivity index (χ1) is 15.1. The summed E-state index contributed by atoms with van der Waals surface area (Å²) in [6, 6.07) is 0. The Morgan fingerprint density at radius 1 is 1.09 bits per heavy atom. The van der Waals surface area contributed by atoms with Crippen molar-refractivity contribution in [2.45, 2.75) is 64.2 Å². The highest BCUT2D eigenvalue weighted by Gasteiger charge is 2.60. The van der Waals surface area contributed by atoms with Crippen LogP contribution in [0, 0.1) is 24.2 Å². The van der Waals surface area contributed by atoms with Crippen molar-refractivity contribution in [3.63, 3.8) is 0 Å². The van der Waals surface area contributed by atoms with Crippen LogP contribution in [0.5, 0.6) is 0 Å². The molecule has 1 aromatic heterocycles. The van der Waals surface area contributed by atoms with E-state index in [0.29, 0.717) is 18.3 Å². The summed E-state index contributed by atoms with van der Waals surface area (Å²) in [7, 11) is 0. The van der Waals surface area contributed by atoms with Crippen LogP contribution in [0.3, 0.4) is 0 Å². The number of esters is 2. The van der Waals surface area contributed by atoms with Crippen LogP contribution in [0.2, 0.25) is 0 Å². The van der Waals surface area contributed by atoms with Gasteiger partial charge in [-0.05, 0) is 71.1 Å². The number of amides is 1. The van der Waals surface area contributed by atoms with E-state index in [9.17, 15) is 19.2 Å². The van der Waals surface area contributed by atoms with Crippen LogP contribution in [0.15, 0.2) is 4.42 Å². The zero-order valence-corrected chi connectivity index (χ0v) is 19.3. The smallest absolute Gasteiger partial charge is 0.344 e. The zero-order valence-electron chi connectivity index (χ0n) is 18.5. The van der Waals surface area contributed by atoms with Gasteiger partial charge in [0.2, 0.25) is 5.88 Å². The number of carbonyl (C=O) groups excluding carboxylic acids is 4. The highest BCUT2D eigenvalue weighted by atomic mass is 35.5. The molecule has 1 N–H and O–H groups in total. The molecule has 1 amide bonds. The maximum Gasteiger partial charge on any atom is 0.344 e. The summed E-state index contributed by atoms with van der Waals surface area (Å²) in [5, 5.41) is 2.44. The minimum absolute atomic E-state index is 0.0525. The second kappa shape index (κ2) is 8.21. The molecular formula is C23H28ClNO7. The van der Waals surface area contributed by atoms with Gasteiger partial charge in [0, 0.05) is 4.87 Å². The molecule has 0 aromatic carbocycles. The molecule has 5 rings (SSSR count). The summed E-state index contributed by atoms with van der Waals surface area (Å²) in [6.07, 6.45) is 5.08. The number of alkyl halides is 1. The van der Waals surface area contributed by atoms with E-state index in [4.69, 9.17) is 25.5 Å². The molecule has 4 saturated carbocycles. The van der Waals surface area contributed by atoms with E-state index in [0.717, 1.165) is 32.1 Å². The van der Waals surface area contributed by atoms with E-state index < -0.39 is 35.7 Å². The summed E-state index contributed by atoms with van der Waals surface area (Å²) >= 11 is 6.78. The number of hydrogen-bond acceptors (Lipinski definition) is 7. The molecule has 1 heterocycles. The standard InChI is InChI=1S/C23H28ClNO7/c1-4-30-20(28)18-17(12(2)26)13(3)32-19(18)25-16(27)10-31-21(29)22-6-14-5-15(7-22)9-23(24,8-14)11-22/h14-15H,4-11H2,1-3H3,(H,25,27). The number of halogens is 1. The fourth-order valence-electron chi connectivity index (χ4n) is 6.29. The summed E-state index contributed by atoms with van der Waals surface area (Å²) < 4.78 is 15.9. The van der Waals surface area contributed by atoms with Crippen LogP contribution < -0.4 is 5.32 Å². The topological polar surface area (TPSA) is 112 Å². The second-order valence-corrected chi connectivity index (χ2v) is 10.3. The quantitative estimate of drug-likeness (QED) is 0.367. The number of ketones is 1. The maximum absolute atomic E-state index is 13.0. The van der Waals surface area contributed by atoms with Gasteiger partial charge in [-0.15, -0.1) is 11.6 Å². The number of rotatable bonds is 7. The highest BCUT2D eigenvalue weighted by molar-refractivity contribution is 6.24. The third-order valence-corrected chi connectivity index (χ3v) is 7.37. The van der Waals surface area contributed by atoms with Gasteiger partial charge in [0.1, 0.15) is 11.3 Å². The molecule has 0 saturated heterocycles. The molecule has 9 heteroatoms. The van der Waals surface area contributed by atoms with Crippen molar-refractivity contribution in [1.29, 1.82) is 0 Å². The fourth-order valence-corrected chi connectivity index (χ4v) is 6.98. The van der Waals surface area contributed by atoms with Crippen molar-refractivity contribution in [3.8, 4) is 0 Å². The van der Waals surface area contributed by atoms with Crippen molar-refractivity contribution in [1.82, 2.24) is 0 Å². The van der Waals surface area contributed by atoms with E-state index in [2.05, 4.69) is 5.32 Å². The molecule has 4 bridgehead atoms. The Hall–Kier alpha value is -2.35. The molecule has 32 heavy (non-hydrogen) atoms. The Kier molecular flexibility index (Phi) is 5.86. The largest absolute Gasteiger partial charge is 0.462 e. The van der Waals surface area contributed by atoms with Crippen LogP contribution >= 0.6 is 11.6 Å². The van der Waals surface area contributed by atoms with Gasteiger partial charge in [0.15, 0.2) is 12.4 Å². The van der Waals surface area contributed by atoms with Gasteiger partial charge in [0.05, 0.1) is 17.6 Å². The molecular weight excluding hydrogens is 438 g/mol. The Morgan fingerprint density at radius 3 is 2.31 bits per heavy atom. The molecule has 4 aliphatic rings. The van der Waals surface area contributed by atoms with Crippen molar-refractivity contribution < 1.29 is 33.1 Å². The third-order valence-electron chi connectivity index (χ3n) is 6.93. The van der Waals surface area contributed by atoms with E-state index in [1.807, 2.05) is 0 Å². The number of carbonyl (C=O) groups is 4. The van der Waals surface area contributed by atoms with Crippen LogP contribution in [-0.4, -0.2) is 41.7 Å². The number of hydrogen-bond donors (Lipinski definition) is 1. The van der Waals surface area contributed by atoms with Crippen LogP contribution in [0.1, 0.15) is 78.8 Å². The van der Waals surface area contributed by atoms with Gasteiger partial charge in [-0.25, -0.2) is 4.79 Å². The van der Waals surface area contributed by atoms with Crippen molar-refractivity contribution >= 4 is 41.1 Å². The molecule has 0 radical (unpaired) electrons. The van der Waals surface area contributed by atoms with Crippen molar-refractivity contribution in [2.24, 2.45) is 17.3 Å². The Balaban J connectivity index is 1.44. The molecule has 2 unspecified atom stereocenters. The van der Waals surface area contributed by atoms with E-state index in [1.165, 1.54) is 13.8 Å². The lowest BCUT2D eigenvalue weighted by atomic mass is 9.49. The lowest BCUT2D eigenvalue weighted by Gasteiger charge is -2.58. The number of anilines is 1. The van der Waals surface area contributed by atoms with Crippen molar-refractivity contribution in [3.05, 3.63) is 16.9 Å². The van der Waals surface area contributed by atoms with E-state index in [-0.39, 0.29) is 34.3 Å². The van der Waals surface area contributed by atoms with E-state index in [1.54, 1.807) is 6.92 Å². The summed E-state index contributed by atoms with van der Waals surface area (Å²) in [6.45, 7) is 4.01. The minimum atomic E-state index is -0.775. The zero-order chi connectivity index (χ0) is 23.3. The second-order valence-electron chi connectivity index (χ2n) is 9.53. The van der Waals surface area contributed by atoms with Crippen LogP contribution in [-0.2, 0) is 19.1 Å². The third kappa shape index (κ3) is 4.05. The number of ether oxygens (including phenoxy) is 2. The monoisotopic (exact) mass is 465 g/mol. The Morgan fingerprint density at radius 2 is 1.75 bits per heavy atom. The molecule has 1 aromatic rings. The van der Waals surface area contributed by atoms with Gasteiger partial charge in [-0.2, -0.15) is 0 Å². The number of furan rings is 1. The first-order valence-corrected chi connectivity index (χ1v) is 11.4. The first-order valence-electron chi connectivity index (χ1n) is 11.0. The first kappa shape index (κ1) is 22.8. The fraction of sp³-hybridized carbons (Fsp3) is 0.652. The minimum Gasteiger partial charge on any atom is -0.462 e. The molecule has 4 fully saturated rings. The summed E-state index contributed by atoms with van der Waals surface area (Å²) in [5.41, 5.74) is -0.705. The Bertz CT molecular complexity index is 967. The van der Waals surface area contributed by atoms with Gasteiger partial charge in [0.25, 0.3) is 5.91 Å². The molecule has 2 atom stereocenters. The maximum atomic E-state index is 13.0. The molecule has 0 spiro atoms. The predicted octanol–water partition coefficient (Wildman–Crippen LogP) is 4.03. The average molecular weight is 466 g/mol. The predicted molar refractivity (Wildman–Crippen MR) is 115 cm³/mol. The van der Waals surface area contributed by atoms with E-state index >= 15 is 0 Å². The summed E-state index contributed by atoms with van der Waals surface area (Å²) in [5.74, 6) is -1.37. The number of Topliss-reactive ketones (excluding diaryl/α,β-unsaturated/α-hetero) is 1. The summed E-state index contributed by atoms with van der Waals surface area (Å²) in [4.78, 5) is 49.5. The molecule has 174 valence electrons. The number of aryl methyl sites for hydroxylation is 1. The lowest BCUT2D eigenvalue weighted by Crippen LogP contribution is -2.56. The molecule has 8 nitrogen and oxygen atoms in total. The van der Waals surface area contributed by atoms with Gasteiger partial charge < -0.3 is 13.9 Å². The number of nitrogens with one attached hydrogen (secondary N) is 1. The Labute approximate surface area is 191 Å². The van der Waals surface area contributed by atoms with Gasteiger partial charge in [-0.3, -0.25) is 19.7 Å². The molecule has 4 aliphatic carbocycles. The highest BCUT2D eigenvalue weighted by Crippen LogP contribution is 2.64. The van der Waals surface area contributed by atoms with Crippen LogP contribution in [0.25, 0.3) is 0 Å². The normalized spacial score (nSPS) is 30.1. The SMILES string of the molecule is CCOC(=O)c1c(NC(=O)COC(=O)C23CC4CC(CC(Cl)(C4)C2)C3)oc(C)c1C(C)=O. The average Bonchev–Trinajstić information content (AvgIpc) is 3.00.